The van der Waals surface area contributed by atoms with E-state index >= 15 is 0 Å². The van der Waals surface area contributed by atoms with Crippen molar-refractivity contribution in [2.75, 3.05) is 20.7 Å². The third-order valence-electron chi connectivity index (χ3n) is 2.20. The molecule has 1 rings (SSSR count). The summed E-state index contributed by atoms with van der Waals surface area (Å²) < 4.78 is 5.09. The normalized spacial score (nSPS) is 12.5. The van der Waals surface area contributed by atoms with Gasteiger partial charge in [-0.05, 0) is 30.7 Å². The predicted octanol–water partition coefficient (Wildman–Crippen LogP) is 2.02. The molecule has 0 spiro atoms. The molecule has 0 aliphatic heterocycles. The molecule has 1 aromatic carbocycles. The van der Waals surface area contributed by atoms with Gasteiger partial charge in [0.05, 0.1) is 7.11 Å². The van der Waals surface area contributed by atoms with E-state index < -0.39 is 0 Å². The van der Waals surface area contributed by atoms with Crippen molar-refractivity contribution in [3.8, 4) is 5.75 Å². The first-order valence-corrected chi connectivity index (χ1v) is 4.56. The molecule has 0 saturated heterocycles. The molecule has 0 saturated carbocycles. The maximum absolute atomic E-state index is 5.09. The molecule has 1 N–H and O–H groups in total. The van der Waals surface area contributed by atoms with E-state index in [-0.39, 0.29) is 0 Å². The summed E-state index contributed by atoms with van der Waals surface area (Å²) in [6, 6.07) is 8.23. The van der Waals surface area contributed by atoms with Gasteiger partial charge in [0.25, 0.3) is 0 Å². The second kappa shape index (κ2) is 4.87. The quantitative estimate of drug-likeness (QED) is 0.763. The lowest BCUT2D eigenvalue weighted by Gasteiger charge is -2.11. The lowest BCUT2D eigenvalue weighted by atomic mass is 10.0. The highest BCUT2D eigenvalue weighted by atomic mass is 16.5. The molecule has 0 radical (unpaired) electrons. The van der Waals surface area contributed by atoms with Gasteiger partial charge < -0.3 is 10.1 Å². The molecule has 2 nitrogen and oxygen atoms in total. The zero-order valence-corrected chi connectivity index (χ0v) is 8.50. The van der Waals surface area contributed by atoms with Crippen molar-refractivity contribution >= 4 is 0 Å². The fourth-order valence-electron chi connectivity index (χ4n) is 1.36. The number of likely N-dealkylation sites (N-methyl/N-ethyl adjacent to an activating group) is 1. The van der Waals surface area contributed by atoms with Crippen molar-refractivity contribution in [2.24, 2.45) is 0 Å². The summed E-state index contributed by atoms with van der Waals surface area (Å²) in [7, 11) is 3.66. The fraction of sp³-hybridized carbons (Fsp3) is 0.455. The van der Waals surface area contributed by atoms with Crippen LogP contribution in [0.25, 0.3) is 0 Å². The lowest BCUT2D eigenvalue weighted by Crippen LogP contribution is -2.14. The Labute approximate surface area is 79.9 Å². The summed E-state index contributed by atoms with van der Waals surface area (Å²) in [5, 5.41) is 3.16. The van der Waals surface area contributed by atoms with Crippen LogP contribution in [0.1, 0.15) is 18.4 Å². The van der Waals surface area contributed by atoms with Crippen LogP contribution in [-0.4, -0.2) is 20.7 Å². The molecule has 0 aromatic heterocycles. The van der Waals surface area contributed by atoms with E-state index in [0.29, 0.717) is 5.92 Å². The van der Waals surface area contributed by atoms with Gasteiger partial charge >= 0.3 is 0 Å². The maximum Gasteiger partial charge on any atom is 0.118 e. The van der Waals surface area contributed by atoms with Gasteiger partial charge in [-0.2, -0.15) is 0 Å². The molecule has 0 aliphatic rings. The SMILES string of the molecule is CNCC(C)c1ccc(OC)cc1. The van der Waals surface area contributed by atoms with Crippen LogP contribution in [0.2, 0.25) is 0 Å². The van der Waals surface area contributed by atoms with Crippen molar-refractivity contribution in [3.63, 3.8) is 0 Å². The monoisotopic (exact) mass is 179 g/mol. The van der Waals surface area contributed by atoms with Gasteiger partial charge in [-0.25, -0.2) is 0 Å². The molecule has 1 atom stereocenters. The van der Waals surface area contributed by atoms with Gasteiger partial charge in [0, 0.05) is 6.54 Å². The van der Waals surface area contributed by atoms with Crippen LogP contribution in [-0.2, 0) is 0 Å². The summed E-state index contributed by atoms with van der Waals surface area (Å²) in [5.74, 6) is 1.47. The van der Waals surface area contributed by atoms with Crippen LogP contribution < -0.4 is 10.1 Å². The van der Waals surface area contributed by atoms with Gasteiger partial charge in [0.2, 0.25) is 0 Å². The Kier molecular flexibility index (Phi) is 3.77. The van der Waals surface area contributed by atoms with E-state index in [2.05, 4.69) is 24.4 Å². The molecule has 72 valence electrons. The van der Waals surface area contributed by atoms with Crippen molar-refractivity contribution in [2.45, 2.75) is 12.8 Å². The molecule has 0 aliphatic carbocycles. The second-order valence-corrected chi connectivity index (χ2v) is 3.23. The zero-order valence-electron chi connectivity index (χ0n) is 8.50. The third kappa shape index (κ3) is 2.74. The number of hydrogen-bond acceptors (Lipinski definition) is 2. The molecule has 0 bridgehead atoms. The van der Waals surface area contributed by atoms with Gasteiger partial charge in [-0.1, -0.05) is 19.1 Å². The summed E-state index contributed by atoms with van der Waals surface area (Å²) in [4.78, 5) is 0. The summed E-state index contributed by atoms with van der Waals surface area (Å²) in [5.41, 5.74) is 1.34. The van der Waals surface area contributed by atoms with Crippen LogP contribution in [0, 0.1) is 0 Å². The summed E-state index contributed by atoms with van der Waals surface area (Å²) in [6.07, 6.45) is 0. The van der Waals surface area contributed by atoms with Gasteiger partial charge in [-0.3, -0.25) is 0 Å². The minimum Gasteiger partial charge on any atom is -0.497 e. The number of methoxy groups -OCH3 is 1. The maximum atomic E-state index is 5.09. The first-order chi connectivity index (χ1) is 6.27. The van der Waals surface area contributed by atoms with E-state index in [4.69, 9.17) is 4.74 Å². The second-order valence-electron chi connectivity index (χ2n) is 3.23. The molecule has 0 heterocycles. The minimum absolute atomic E-state index is 0.552. The van der Waals surface area contributed by atoms with Crippen LogP contribution in [0.15, 0.2) is 24.3 Å². The number of ether oxygens (including phenoxy) is 1. The molecule has 2 heteroatoms. The lowest BCUT2D eigenvalue weighted by molar-refractivity contribution is 0.414. The van der Waals surface area contributed by atoms with Gasteiger partial charge in [0.1, 0.15) is 5.75 Å². The Hall–Kier alpha value is -1.02. The number of hydrogen-bond donors (Lipinski definition) is 1. The third-order valence-corrected chi connectivity index (χ3v) is 2.20. The minimum atomic E-state index is 0.552. The van der Waals surface area contributed by atoms with Crippen molar-refractivity contribution in [3.05, 3.63) is 29.8 Å². The first-order valence-electron chi connectivity index (χ1n) is 4.56. The Bertz CT molecular complexity index is 243. The zero-order chi connectivity index (χ0) is 9.68. The Morgan fingerprint density at radius 3 is 2.38 bits per heavy atom. The topological polar surface area (TPSA) is 21.3 Å². The van der Waals surface area contributed by atoms with Crippen LogP contribution in [0.5, 0.6) is 5.75 Å². The van der Waals surface area contributed by atoms with Gasteiger partial charge in [0.15, 0.2) is 0 Å². The highest BCUT2D eigenvalue weighted by Crippen LogP contribution is 2.18. The number of rotatable bonds is 4. The van der Waals surface area contributed by atoms with E-state index in [1.54, 1.807) is 7.11 Å². The fourth-order valence-corrected chi connectivity index (χ4v) is 1.36. The molecular formula is C11H17NO. The van der Waals surface area contributed by atoms with E-state index in [1.807, 2.05) is 19.2 Å². The van der Waals surface area contributed by atoms with Gasteiger partial charge in [-0.15, -0.1) is 0 Å². The molecular weight excluding hydrogens is 162 g/mol. The highest BCUT2D eigenvalue weighted by molar-refractivity contribution is 5.29. The average Bonchev–Trinajstić information content (AvgIpc) is 2.18. The predicted molar refractivity (Wildman–Crippen MR) is 55.3 cm³/mol. The molecule has 0 fully saturated rings. The highest BCUT2D eigenvalue weighted by Gasteiger charge is 2.03. The summed E-state index contributed by atoms with van der Waals surface area (Å²) in [6.45, 7) is 3.21. The van der Waals surface area contributed by atoms with Crippen molar-refractivity contribution in [1.29, 1.82) is 0 Å². The Morgan fingerprint density at radius 2 is 1.92 bits per heavy atom. The number of nitrogens with one attached hydrogen (secondary N) is 1. The Morgan fingerprint density at radius 1 is 1.31 bits per heavy atom. The standard InChI is InChI=1S/C11H17NO/c1-9(8-12-2)10-4-6-11(13-3)7-5-10/h4-7,9,12H,8H2,1-3H3. The largest absolute Gasteiger partial charge is 0.497 e. The smallest absolute Gasteiger partial charge is 0.118 e. The van der Waals surface area contributed by atoms with Crippen LogP contribution in [0.4, 0.5) is 0 Å². The van der Waals surface area contributed by atoms with Crippen molar-refractivity contribution in [1.82, 2.24) is 5.32 Å². The molecule has 1 unspecified atom stereocenters. The van der Waals surface area contributed by atoms with Crippen LogP contribution >= 0.6 is 0 Å². The molecule has 13 heavy (non-hydrogen) atoms. The Balaban J connectivity index is 2.67. The molecule has 1 aromatic rings. The first kappa shape index (κ1) is 10.1. The van der Waals surface area contributed by atoms with Crippen LogP contribution in [0.3, 0.4) is 0 Å². The average molecular weight is 179 g/mol. The summed E-state index contributed by atoms with van der Waals surface area (Å²) >= 11 is 0. The molecule has 0 amide bonds. The van der Waals surface area contributed by atoms with Crippen molar-refractivity contribution < 1.29 is 4.74 Å². The van der Waals surface area contributed by atoms with E-state index in [0.717, 1.165) is 12.3 Å². The number of benzene rings is 1. The van der Waals surface area contributed by atoms with E-state index in [9.17, 15) is 0 Å². The van der Waals surface area contributed by atoms with E-state index in [1.165, 1.54) is 5.56 Å².